The average molecular weight is 501 g/mol. The van der Waals surface area contributed by atoms with Gasteiger partial charge in [-0.05, 0) is 57.8 Å². The summed E-state index contributed by atoms with van der Waals surface area (Å²) in [6, 6.07) is 7.47. The van der Waals surface area contributed by atoms with Crippen molar-refractivity contribution in [3.05, 3.63) is 57.4 Å². The molecule has 34 heavy (non-hydrogen) atoms. The van der Waals surface area contributed by atoms with Crippen LogP contribution in [0.15, 0.2) is 30.5 Å². The first kappa shape index (κ1) is 24.5. The molecule has 10 heteroatoms. The van der Waals surface area contributed by atoms with Gasteiger partial charge in [-0.2, -0.15) is 0 Å². The molecular weight excluding hydrogens is 472 g/mol. The number of aliphatic hydroxyl groups excluding tert-OH is 1. The maximum atomic E-state index is 12.7. The van der Waals surface area contributed by atoms with E-state index < -0.39 is 0 Å². The highest BCUT2D eigenvalue weighted by atomic mass is 35.5. The van der Waals surface area contributed by atoms with E-state index in [0.717, 1.165) is 50.2 Å². The molecule has 3 aromatic rings. The van der Waals surface area contributed by atoms with E-state index >= 15 is 0 Å². The fraction of sp³-hybridized carbons (Fsp3) is 0.417. The first-order chi connectivity index (χ1) is 16.4. The maximum Gasteiger partial charge on any atom is 0.267 e. The molecule has 1 atom stereocenters. The SMILES string of the molecule is Cc1nc(Nc2ncc(C(=O)Nc3c(C)cccc3Cl)s2)cc(C2CCCN(CCO)CC2)n1. The van der Waals surface area contributed by atoms with E-state index in [1.807, 2.05) is 32.0 Å². The Morgan fingerprint density at radius 1 is 1.26 bits per heavy atom. The number of carbonyl (C=O) groups is 1. The van der Waals surface area contributed by atoms with Crippen molar-refractivity contribution in [2.24, 2.45) is 0 Å². The number of likely N-dealkylation sites (tertiary alicyclic amines) is 1. The molecule has 0 saturated carbocycles. The molecule has 1 aliphatic rings. The molecule has 0 radical (unpaired) electrons. The second-order valence-electron chi connectivity index (χ2n) is 8.46. The van der Waals surface area contributed by atoms with Gasteiger partial charge in [0.05, 0.1) is 23.5 Å². The fourth-order valence-electron chi connectivity index (χ4n) is 4.19. The number of aliphatic hydroxyl groups is 1. The van der Waals surface area contributed by atoms with Crippen molar-refractivity contribution in [2.75, 3.05) is 36.9 Å². The zero-order chi connectivity index (χ0) is 24.1. The number of anilines is 3. The molecule has 180 valence electrons. The molecule has 1 unspecified atom stereocenters. The molecule has 8 nitrogen and oxygen atoms in total. The summed E-state index contributed by atoms with van der Waals surface area (Å²) in [5.74, 6) is 1.46. The summed E-state index contributed by atoms with van der Waals surface area (Å²) < 4.78 is 0. The average Bonchev–Trinajstić information content (AvgIpc) is 3.13. The van der Waals surface area contributed by atoms with Gasteiger partial charge in [0.25, 0.3) is 5.91 Å². The van der Waals surface area contributed by atoms with E-state index in [-0.39, 0.29) is 12.5 Å². The number of benzene rings is 1. The molecule has 3 heterocycles. The number of nitrogens with one attached hydrogen (secondary N) is 2. The normalized spacial score (nSPS) is 16.8. The first-order valence-electron chi connectivity index (χ1n) is 11.4. The molecular formula is C24H29ClN6O2S. The minimum Gasteiger partial charge on any atom is -0.395 e. The molecule has 2 aromatic heterocycles. The van der Waals surface area contributed by atoms with Gasteiger partial charge in [0.15, 0.2) is 5.13 Å². The summed E-state index contributed by atoms with van der Waals surface area (Å²) in [5, 5.41) is 16.4. The molecule has 4 rings (SSSR count). The largest absolute Gasteiger partial charge is 0.395 e. The van der Waals surface area contributed by atoms with Crippen LogP contribution in [0.3, 0.4) is 0 Å². The van der Waals surface area contributed by atoms with Gasteiger partial charge in [0.2, 0.25) is 0 Å². The van der Waals surface area contributed by atoms with Crippen LogP contribution in [0, 0.1) is 13.8 Å². The highest BCUT2D eigenvalue weighted by Gasteiger charge is 2.21. The Bertz CT molecular complexity index is 1130. The lowest BCUT2D eigenvalue weighted by Crippen LogP contribution is -2.27. The van der Waals surface area contributed by atoms with E-state index in [0.29, 0.717) is 38.3 Å². The van der Waals surface area contributed by atoms with Crippen LogP contribution in [-0.4, -0.2) is 57.1 Å². The zero-order valence-electron chi connectivity index (χ0n) is 19.3. The standard InChI is InChI=1S/C24H29ClN6O2S/c1-15-5-3-7-18(25)22(15)30-23(33)20-14-26-24(34-20)29-21-13-19(27-16(2)28-21)17-6-4-9-31(10-8-17)11-12-32/h3,5,7,13-14,17,32H,4,6,8-12H2,1-2H3,(H,30,33)(H,26,27,28,29). The molecule has 1 aliphatic heterocycles. The minimum absolute atomic E-state index is 0.192. The Hall–Kier alpha value is -2.59. The number of hydrogen-bond acceptors (Lipinski definition) is 8. The third kappa shape index (κ3) is 6.09. The molecule has 3 N–H and O–H groups in total. The van der Waals surface area contributed by atoms with Crippen LogP contribution in [0.5, 0.6) is 0 Å². The topological polar surface area (TPSA) is 103 Å². The highest BCUT2D eigenvalue weighted by Crippen LogP contribution is 2.30. The van der Waals surface area contributed by atoms with Crippen molar-refractivity contribution in [3.8, 4) is 0 Å². The number of nitrogens with zero attached hydrogens (tertiary/aromatic N) is 4. The molecule has 0 bridgehead atoms. The van der Waals surface area contributed by atoms with Gasteiger partial charge in [-0.25, -0.2) is 15.0 Å². The second kappa shape index (κ2) is 11.2. The summed E-state index contributed by atoms with van der Waals surface area (Å²) in [4.78, 5) is 29.1. The van der Waals surface area contributed by atoms with Crippen molar-refractivity contribution in [2.45, 2.75) is 39.0 Å². The Kier molecular flexibility index (Phi) is 8.10. The number of thiazole rings is 1. The number of aromatic nitrogens is 3. The highest BCUT2D eigenvalue weighted by molar-refractivity contribution is 7.17. The number of halogens is 1. The van der Waals surface area contributed by atoms with E-state index in [1.165, 1.54) is 11.3 Å². The summed E-state index contributed by atoms with van der Waals surface area (Å²) >= 11 is 7.49. The Morgan fingerprint density at radius 2 is 2.12 bits per heavy atom. The molecule has 1 amide bonds. The quantitative estimate of drug-likeness (QED) is 0.429. The lowest BCUT2D eigenvalue weighted by Gasteiger charge is -2.18. The molecule has 0 spiro atoms. The third-order valence-electron chi connectivity index (χ3n) is 5.94. The summed E-state index contributed by atoms with van der Waals surface area (Å²) in [7, 11) is 0. The van der Waals surface area contributed by atoms with E-state index in [2.05, 4.69) is 25.5 Å². The lowest BCUT2D eigenvalue weighted by molar-refractivity contribution is 0.103. The summed E-state index contributed by atoms with van der Waals surface area (Å²) in [6.45, 7) is 6.65. The van der Waals surface area contributed by atoms with Crippen molar-refractivity contribution in [1.29, 1.82) is 0 Å². The van der Waals surface area contributed by atoms with Crippen LogP contribution >= 0.6 is 22.9 Å². The predicted octanol–water partition coefficient (Wildman–Crippen LogP) is 4.76. The summed E-state index contributed by atoms with van der Waals surface area (Å²) in [6.07, 6.45) is 4.68. The van der Waals surface area contributed by atoms with Crippen LogP contribution in [-0.2, 0) is 0 Å². The van der Waals surface area contributed by atoms with Crippen LogP contribution < -0.4 is 10.6 Å². The number of rotatable bonds is 7. The summed E-state index contributed by atoms with van der Waals surface area (Å²) in [5.41, 5.74) is 2.52. The smallest absolute Gasteiger partial charge is 0.267 e. The van der Waals surface area contributed by atoms with E-state index in [4.69, 9.17) is 16.6 Å². The van der Waals surface area contributed by atoms with Gasteiger partial charge in [-0.15, -0.1) is 0 Å². The van der Waals surface area contributed by atoms with Gasteiger partial charge in [0, 0.05) is 24.2 Å². The third-order valence-corrected chi connectivity index (χ3v) is 7.16. The van der Waals surface area contributed by atoms with Crippen LogP contribution in [0.4, 0.5) is 16.6 Å². The number of para-hydroxylation sites is 1. The molecule has 1 saturated heterocycles. The number of hydrogen-bond donors (Lipinski definition) is 3. The van der Waals surface area contributed by atoms with Gasteiger partial charge in [-0.3, -0.25) is 4.79 Å². The van der Waals surface area contributed by atoms with Crippen molar-refractivity contribution < 1.29 is 9.90 Å². The van der Waals surface area contributed by atoms with Crippen LogP contribution in [0.1, 0.15) is 51.9 Å². The lowest BCUT2D eigenvalue weighted by atomic mass is 9.96. The van der Waals surface area contributed by atoms with Gasteiger partial charge in [-0.1, -0.05) is 35.1 Å². The van der Waals surface area contributed by atoms with Gasteiger partial charge in [0.1, 0.15) is 16.5 Å². The van der Waals surface area contributed by atoms with Crippen molar-refractivity contribution >= 4 is 45.5 Å². The molecule has 1 aromatic carbocycles. The number of amides is 1. The number of carbonyl (C=O) groups excluding carboxylic acids is 1. The van der Waals surface area contributed by atoms with Crippen LogP contribution in [0.2, 0.25) is 5.02 Å². The zero-order valence-corrected chi connectivity index (χ0v) is 20.9. The van der Waals surface area contributed by atoms with E-state index in [9.17, 15) is 9.90 Å². The first-order valence-corrected chi connectivity index (χ1v) is 12.6. The Labute approximate surface area is 208 Å². The second-order valence-corrected chi connectivity index (χ2v) is 9.90. The fourth-order valence-corrected chi connectivity index (χ4v) is 5.18. The van der Waals surface area contributed by atoms with Crippen molar-refractivity contribution in [1.82, 2.24) is 19.9 Å². The van der Waals surface area contributed by atoms with Crippen molar-refractivity contribution in [3.63, 3.8) is 0 Å². The van der Waals surface area contributed by atoms with Gasteiger partial charge < -0.3 is 20.6 Å². The monoisotopic (exact) mass is 500 g/mol. The minimum atomic E-state index is -0.257. The molecule has 1 fully saturated rings. The number of aryl methyl sites for hydroxylation is 2. The Morgan fingerprint density at radius 3 is 2.91 bits per heavy atom. The van der Waals surface area contributed by atoms with Gasteiger partial charge >= 0.3 is 0 Å². The maximum absolute atomic E-state index is 12.7. The van der Waals surface area contributed by atoms with E-state index in [1.54, 1.807) is 12.3 Å². The van der Waals surface area contributed by atoms with Crippen LogP contribution in [0.25, 0.3) is 0 Å². The molecule has 0 aliphatic carbocycles. The predicted molar refractivity (Wildman–Crippen MR) is 136 cm³/mol. The number of β-amino-alcohol motifs (C(OH)–C–C–N with tert-alkyl or cyclic N) is 1. The Balaban J connectivity index is 1.44.